The number of benzene rings is 2. The van der Waals surface area contributed by atoms with Crippen LogP contribution in [0.2, 0.25) is 10.0 Å². The number of methoxy groups -OCH3 is 1. The van der Waals surface area contributed by atoms with Crippen molar-refractivity contribution in [1.29, 1.82) is 0 Å². The van der Waals surface area contributed by atoms with Gasteiger partial charge in [0.15, 0.2) is 17.3 Å². The Balaban J connectivity index is 1.91. The molecule has 0 radical (unpaired) electrons. The van der Waals surface area contributed by atoms with Crippen molar-refractivity contribution in [3.63, 3.8) is 0 Å². The van der Waals surface area contributed by atoms with Gasteiger partial charge in [0, 0.05) is 11.5 Å². The average Bonchev–Trinajstić information content (AvgIpc) is 2.71. The molecule has 0 unspecified atom stereocenters. The lowest BCUT2D eigenvalue weighted by Gasteiger charge is -2.14. The van der Waals surface area contributed by atoms with E-state index in [0.717, 1.165) is 0 Å². The number of alkyl halides is 2. The standard InChI is InChI=1S/C18H14Cl2F3N3O3/c1-27-13-6-9-12(7-14(13)28-4-5-29-18(22)23)24-8-25-17(9)26-11-3-2-10(19)15(20)16(11)21/h2-3,6-8,18H,4-5H2,1H3,(H,24,25,26). The first-order valence-electron chi connectivity index (χ1n) is 8.16. The second-order valence-electron chi connectivity index (χ2n) is 5.57. The molecule has 0 aliphatic carbocycles. The second-order valence-corrected chi connectivity index (χ2v) is 6.36. The van der Waals surface area contributed by atoms with Gasteiger partial charge in [0.1, 0.15) is 18.8 Å². The Hall–Kier alpha value is -2.49. The molecule has 6 nitrogen and oxygen atoms in total. The van der Waals surface area contributed by atoms with Gasteiger partial charge in [0.25, 0.3) is 0 Å². The number of fused-ring (bicyclic) bond motifs is 1. The molecule has 3 aromatic rings. The quantitative estimate of drug-likeness (QED) is 0.366. The Kier molecular flexibility index (Phi) is 6.83. The predicted octanol–water partition coefficient (Wildman–Crippen LogP) is 5.45. The lowest BCUT2D eigenvalue weighted by molar-refractivity contribution is -0.133. The van der Waals surface area contributed by atoms with Gasteiger partial charge in [-0.05, 0) is 18.2 Å². The minimum atomic E-state index is -2.87. The number of nitrogens with one attached hydrogen (secondary N) is 1. The van der Waals surface area contributed by atoms with E-state index in [1.54, 1.807) is 12.1 Å². The Morgan fingerprint density at radius 1 is 1.10 bits per heavy atom. The fourth-order valence-corrected chi connectivity index (χ4v) is 2.79. The molecule has 29 heavy (non-hydrogen) atoms. The first-order valence-corrected chi connectivity index (χ1v) is 8.92. The van der Waals surface area contributed by atoms with E-state index in [2.05, 4.69) is 20.0 Å². The maximum absolute atomic E-state index is 14.4. The molecule has 2 aromatic carbocycles. The van der Waals surface area contributed by atoms with E-state index in [0.29, 0.717) is 16.7 Å². The Bertz CT molecular complexity index is 1020. The van der Waals surface area contributed by atoms with Crippen LogP contribution >= 0.6 is 23.2 Å². The summed E-state index contributed by atoms with van der Waals surface area (Å²) in [6.07, 6.45) is 1.27. The third-order valence-corrected chi connectivity index (χ3v) is 4.57. The largest absolute Gasteiger partial charge is 0.493 e. The summed E-state index contributed by atoms with van der Waals surface area (Å²) in [5.41, 5.74) is 0.524. The molecule has 0 saturated heterocycles. The van der Waals surface area contributed by atoms with Crippen molar-refractivity contribution in [2.75, 3.05) is 25.6 Å². The molecule has 0 fully saturated rings. The van der Waals surface area contributed by atoms with Crippen LogP contribution in [0.5, 0.6) is 11.5 Å². The van der Waals surface area contributed by atoms with E-state index in [-0.39, 0.29) is 40.5 Å². The fraction of sp³-hybridized carbons (Fsp3) is 0.222. The maximum Gasteiger partial charge on any atom is 0.345 e. The Morgan fingerprint density at radius 2 is 1.90 bits per heavy atom. The molecule has 0 atom stereocenters. The lowest BCUT2D eigenvalue weighted by atomic mass is 10.2. The summed E-state index contributed by atoms with van der Waals surface area (Å²) in [6, 6.07) is 6.01. The van der Waals surface area contributed by atoms with Crippen LogP contribution in [0.1, 0.15) is 0 Å². The van der Waals surface area contributed by atoms with E-state index in [9.17, 15) is 13.2 Å². The van der Waals surface area contributed by atoms with Crippen LogP contribution in [0.3, 0.4) is 0 Å². The van der Waals surface area contributed by atoms with Gasteiger partial charge in [0.05, 0.1) is 35.0 Å². The zero-order chi connectivity index (χ0) is 21.0. The highest BCUT2D eigenvalue weighted by Crippen LogP contribution is 2.36. The summed E-state index contributed by atoms with van der Waals surface area (Å²) in [6.45, 7) is -3.29. The Morgan fingerprint density at radius 3 is 2.62 bits per heavy atom. The van der Waals surface area contributed by atoms with Crippen molar-refractivity contribution >= 4 is 45.6 Å². The summed E-state index contributed by atoms with van der Waals surface area (Å²) >= 11 is 11.6. The van der Waals surface area contributed by atoms with E-state index < -0.39 is 12.4 Å². The lowest BCUT2D eigenvalue weighted by Crippen LogP contribution is -2.10. The van der Waals surface area contributed by atoms with Crippen LogP contribution in [0.15, 0.2) is 30.6 Å². The predicted molar refractivity (Wildman–Crippen MR) is 103 cm³/mol. The van der Waals surface area contributed by atoms with Crippen LogP contribution in [-0.4, -0.2) is 36.9 Å². The zero-order valence-electron chi connectivity index (χ0n) is 14.9. The topological polar surface area (TPSA) is 65.5 Å². The highest BCUT2D eigenvalue weighted by atomic mass is 35.5. The molecule has 154 valence electrons. The third kappa shape index (κ3) is 4.92. The summed E-state index contributed by atoms with van der Waals surface area (Å²) in [5, 5.41) is 3.23. The first kappa shape index (κ1) is 21.2. The summed E-state index contributed by atoms with van der Waals surface area (Å²) in [5.74, 6) is 0.153. The van der Waals surface area contributed by atoms with Crippen LogP contribution in [-0.2, 0) is 4.74 Å². The number of hydrogen-bond donors (Lipinski definition) is 1. The molecule has 0 amide bonds. The van der Waals surface area contributed by atoms with Crippen molar-refractivity contribution < 1.29 is 27.4 Å². The molecule has 1 heterocycles. The summed E-state index contributed by atoms with van der Waals surface area (Å²) in [7, 11) is 1.42. The van der Waals surface area contributed by atoms with Gasteiger partial charge >= 0.3 is 6.61 Å². The summed E-state index contributed by atoms with van der Waals surface area (Å²) < 4.78 is 53.3. The van der Waals surface area contributed by atoms with Gasteiger partial charge in [-0.2, -0.15) is 8.78 Å². The normalized spacial score (nSPS) is 11.1. The van der Waals surface area contributed by atoms with Crippen LogP contribution in [0.4, 0.5) is 24.7 Å². The minimum Gasteiger partial charge on any atom is -0.493 e. The maximum atomic E-state index is 14.4. The Labute approximate surface area is 173 Å². The highest BCUT2D eigenvalue weighted by Gasteiger charge is 2.15. The van der Waals surface area contributed by atoms with Crippen molar-refractivity contribution in [2.45, 2.75) is 6.61 Å². The fourth-order valence-electron chi connectivity index (χ4n) is 2.47. The zero-order valence-corrected chi connectivity index (χ0v) is 16.4. The van der Waals surface area contributed by atoms with Crippen LogP contribution in [0.25, 0.3) is 10.9 Å². The van der Waals surface area contributed by atoms with Crippen LogP contribution < -0.4 is 14.8 Å². The molecule has 0 aliphatic rings. The number of ether oxygens (including phenoxy) is 3. The third-order valence-electron chi connectivity index (χ3n) is 3.79. The van der Waals surface area contributed by atoms with E-state index in [1.165, 1.54) is 25.6 Å². The molecule has 0 aliphatic heterocycles. The van der Waals surface area contributed by atoms with Gasteiger partial charge < -0.3 is 19.5 Å². The number of anilines is 2. The highest BCUT2D eigenvalue weighted by molar-refractivity contribution is 6.42. The molecule has 1 N–H and O–H groups in total. The monoisotopic (exact) mass is 447 g/mol. The van der Waals surface area contributed by atoms with E-state index in [1.807, 2.05) is 0 Å². The van der Waals surface area contributed by atoms with Gasteiger partial charge in [-0.3, -0.25) is 0 Å². The SMILES string of the molecule is COc1cc2c(Nc3ccc(Cl)c(Cl)c3F)ncnc2cc1OCCOC(F)F. The smallest absolute Gasteiger partial charge is 0.345 e. The van der Waals surface area contributed by atoms with Crippen molar-refractivity contribution in [1.82, 2.24) is 9.97 Å². The van der Waals surface area contributed by atoms with Crippen molar-refractivity contribution in [2.24, 2.45) is 0 Å². The summed E-state index contributed by atoms with van der Waals surface area (Å²) in [4.78, 5) is 8.28. The minimum absolute atomic E-state index is 0.0721. The number of rotatable bonds is 8. The molecule has 0 spiro atoms. The van der Waals surface area contributed by atoms with Crippen molar-refractivity contribution in [3.05, 3.63) is 46.5 Å². The molecule has 0 bridgehead atoms. The van der Waals surface area contributed by atoms with Crippen molar-refractivity contribution in [3.8, 4) is 11.5 Å². The molecule has 0 saturated carbocycles. The molecular formula is C18H14Cl2F3N3O3. The van der Waals surface area contributed by atoms with Gasteiger partial charge in [-0.15, -0.1) is 0 Å². The van der Waals surface area contributed by atoms with E-state index in [4.69, 9.17) is 32.7 Å². The van der Waals surface area contributed by atoms with Gasteiger partial charge in [-0.1, -0.05) is 23.2 Å². The molecule has 11 heteroatoms. The average molecular weight is 448 g/mol. The molecule has 3 rings (SSSR count). The number of halogens is 5. The van der Waals surface area contributed by atoms with E-state index >= 15 is 0 Å². The number of hydrogen-bond acceptors (Lipinski definition) is 6. The first-order chi connectivity index (χ1) is 13.9. The molecule has 1 aromatic heterocycles. The number of aromatic nitrogens is 2. The molecular weight excluding hydrogens is 434 g/mol. The second kappa shape index (κ2) is 9.34. The van der Waals surface area contributed by atoms with Gasteiger partial charge in [0.2, 0.25) is 0 Å². The number of nitrogens with zero attached hydrogens (tertiary/aromatic N) is 2. The van der Waals surface area contributed by atoms with Crippen LogP contribution in [0, 0.1) is 5.82 Å². The van der Waals surface area contributed by atoms with Gasteiger partial charge in [-0.25, -0.2) is 14.4 Å².